The third-order valence-corrected chi connectivity index (χ3v) is 6.57. The van der Waals surface area contributed by atoms with Crippen LogP contribution in [-0.2, 0) is 28.9 Å². The van der Waals surface area contributed by atoms with Crippen molar-refractivity contribution in [2.24, 2.45) is 0 Å². The molecule has 0 saturated carbocycles. The number of esters is 1. The molecule has 162 valence electrons. The quantitative estimate of drug-likeness (QED) is 0.445. The molecule has 0 saturated heterocycles. The number of anilines is 1. The first kappa shape index (κ1) is 21.2. The first-order valence-electron chi connectivity index (χ1n) is 10.6. The van der Waals surface area contributed by atoms with Crippen LogP contribution in [0, 0.1) is 0 Å². The molecule has 1 aliphatic rings. The number of amides is 1. The molecule has 1 N–H and O–H groups in total. The van der Waals surface area contributed by atoms with Crippen molar-refractivity contribution in [2.45, 2.75) is 52.0 Å². The summed E-state index contributed by atoms with van der Waals surface area (Å²) in [6.45, 7) is 2.25. The average Bonchev–Trinajstić information content (AvgIpc) is 3.15. The third kappa shape index (κ3) is 4.69. The van der Waals surface area contributed by atoms with Crippen LogP contribution in [0.3, 0.4) is 0 Å². The van der Waals surface area contributed by atoms with Gasteiger partial charge in [0.1, 0.15) is 11.4 Å². The van der Waals surface area contributed by atoms with E-state index in [1.165, 1.54) is 15.8 Å². The Morgan fingerprint density at radius 3 is 2.94 bits per heavy atom. The van der Waals surface area contributed by atoms with E-state index in [2.05, 4.69) is 10.3 Å². The summed E-state index contributed by atoms with van der Waals surface area (Å²) in [5.74, 6) is -0.776. The number of unbranched alkanes of at least 4 members (excludes halogenated alkanes) is 1. The zero-order chi connectivity index (χ0) is 21.8. The van der Waals surface area contributed by atoms with Gasteiger partial charge < -0.3 is 10.1 Å². The lowest BCUT2D eigenvalue weighted by atomic mass is 9.97. The molecular weight excluding hydrogens is 414 g/mol. The molecule has 7 nitrogen and oxygen atoms in total. The summed E-state index contributed by atoms with van der Waals surface area (Å²) in [6, 6.07) is 6.60. The van der Waals surface area contributed by atoms with E-state index in [9.17, 15) is 14.4 Å². The lowest BCUT2D eigenvalue weighted by Gasteiger charge is -2.11. The summed E-state index contributed by atoms with van der Waals surface area (Å²) in [7, 11) is 0. The van der Waals surface area contributed by atoms with Crippen molar-refractivity contribution in [3.05, 3.63) is 57.0 Å². The predicted octanol–water partition coefficient (Wildman–Crippen LogP) is 3.93. The van der Waals surface area contributed by atoms with Gasteiger partial charge in [0.2, 0.25) is 5.91 Å². The van der Waals surface area contributed by atoms with E-state index in [1.54, 1.807) is 35.6 Å². The maximum absolute atomic E-state index is 13.0. The molecule has 1 amide bonds. The molecule has 0 unspecified atom stereocenters. The molecule has 0 atom stereocenters. The van der Waals surface area contributed by atoms with Crippen molar-refractivity contribution in [3.8, 4) is 0 Å². The number of nitrogens with zero attached hydrogens (tertiary/aromatic N) is 2. The van der Waals surface area contributed by atoms with Crippen molar-refractivity contribution in [2.75, 3.05) is 11.9 Å². The van der Waals surface area contributed by atoms with Crippen molar-refractivity contribution in [3.63, 3.8) is 0 Å². The number of hydrogen-bond donors (Lipinski definition) is 1. The molecule has 0 spiro atoms. The second-order valence-corrected chi connectivity index (χ2v) is 8.77. The van der Waals surface area contributed by atoms with Crippen LogP contribution in [0.5, 0.6) is 0 Å². The smallest absolute Gasteiger partial charge is 0.338 e. The molecule has 0 radical (unpaired) electrons. The number of ether oxygens (including phenoxy) is 1. The second-order valence-electron chi connectivity index (χ2n) is 7.69. The van der Waals surface area contributed by atoms with Crippen LogP contribution in [-0.4, -0.2) is 28.0 Å². The highest BCUT2D eigenvalue weighted by molar-refractivity contribution is 7.18. The first-order chi connectivity index (χ1) is 15.1. The van der Waals surface area contributed by atoms with Gasteiger partial charge >= 0.3 is 5.97 Å². The Balaban J connectivity index is 1.47. The van der Waals surface area contributed by atoms with E-state index in [-0.39, 0.29) is 18.0 Å². The predicted molar refractivity (Wildman–Crippen MR) is 121 cm³/mol. The maximum atomic E-state index is 13.0. The summed E-state index contributed by atoms with van der Waals surface area (Å²) < 4.78 is 6.56. The van der Waals surface area contributed by atoms with Crippen LogP contribution in [0.15, 0.2) is 35.4 Å². The van der Waals surface area contributed by atoms with Gasteiger partial charge in [-0.05, 0) is 55.9 Å². The second kappa shape index (κ2) is 9.43. The highest BCUT2D eigenvalue weighted by Crippen LogP contribution is 2.33. The van der Waals surface area contributed by atoms with Crippen LogP contribution in [0.25, 0.3) is 10.2 Å². The molecule has 8 heteroatoms. The van der Waals surface area contributed by atoms with Crippen LogP contribution < -0.4 is 10.9 Å². The fourth-order valence-corrected chi connectivity index (χ4v) is 4.98. The molecular formula is C23H25N3O4S. The van der Waals surface area contributed by atoms with E-state index in [1.807, 2.05) is 6.92 Å². The number of fused-ring (bicyclic) bond motifs is 3. The number of nitrogens with one attached hydrogen (secondary N) is 1. The van der Waals surface area contributed by atoms with Crippen LogP contribution >= 0.6 is 11.3 Å². The lowest BCUT2D eigenvalue weighted by molar-refractivity contribution is -0.116. The van der Waals surface area contributed by atoms with Crippen molar-refractivity contribution in [1.29, 1.82) is 0 Å². The minimum atomic E-state index is -0.419. The molecule has 0 fully saturated rings. The molecule has 4 rings (SSSR count). The zero-order valence-corrected chi connectivity index (χ0v) is 18.3. The van der Waals surface area contributed by atoms with Gasteiger partial charge in [-0.2, -0.15) is 0 Å². The molecule has 1 aliphatic carbocycles. The van der Waals surface area contributed by atoms with Gasteiger partial charge in [0.15, 0.2) is 0 Å². The van der Waals surface area contributed by atoms with Crippen LogP contribution in [0.1, 0.15) is 53.4 Å². The molecule has 1 aromatic carbocycles. The van der Waals surface area contributed by atoms with Gasteiger partial charge in [-0.1, -0.05) is 19.4 Å². The van der Waals surface area contributed by atoms with E-state index < -0.39 is 5.97 Å². The molecule has 31 heavy (non-hydrogen) atoms. The van der Waals surface area contributed by atoms with Gasteiger partial charge in [0.25, 0.3) is 5.56 Å². The summed E-state index contributed by atoms with van der Waals surface area (Å²) in [5, 5.41) is 3.41. The number of hydrogen-bond acceptors (Lipinski definition) is 6. The fraction of sp³-hybridized carbons (Fsp3) is 0.391. The SMILES string of the molecule is CCCCOC(=O)c1cccc(NC(=O)Cn2cnc3sc4c(c3c2=O)CCCC4)c1. The number of rotatable bonds is 7. The van der Waals surface area contributed by atoms with Gasteiger partial charge in [0.05, 0.1) is 23.9 Å². The molecule has 2 heterocycles. The Kier molecular flexibility index (Phi) is 6.46. The summed E-state index contributed by atoms with van der Waals surface area (Å²) >= 11 is 1.59. The van der Waals surface area contributed by atoms with Gasteiger partial charge in [-0.25, -0.2) is 9.78 Å². The highest BCUT2D eigenvalue weighted by atomic mass is 32.1. The molecule has 2 aromatic heterocycles. The monoisotopic (exact) mass is 439 g/mol. The Bertz CT molecular complexity index is 1180. The average molecular weight is 440 g/mol. The third-order valence-electron chi connectivity index (χ3n) is 5.37. The highest BCUT2D eigenvalue weighted by Gasteiger charge is 2.20. The fourth-order valence-electron chi connectivity index (χ4n) is 3.77. The number of aryl methyl sites for hydroxylation is 2. The normalized spacial score (nSPS) is 13.1. The van der Waals surface area contributed by atoms with Gasteiger partial charge in [0, 0.05) is 10.6 Å². The van der Waals surface area contributed by atoms with Crippen molar-refractivity contribution in [1.82, 2.24) is 9.55 Å². The Hall–Kier alpha value is -3.00. The number of carbonyl (C=O) groups excluding carboxylic acids is 2. The Labute approximate surface area is 184 Å². The van der Waals surface area contributed by atoms with Gasteiger partial charge in [-0.3, -0.25) is 14.2 Å². The standard InChI is InChI=1S/C23H25N3O4S/c1-2-3-11-30-23(29)15-7-6-8-16(12-15)25-19(27)13-26-14-24-21-20(22(26)28)17-9-4-5-10-18(17)31-21/h6-8,12,14H,2-5,9-11,13H2,1H3,(H,25,27). The molecule has 0 bridgehead atoms. The van der Waals surface area contributed by atoms with Gasteiger partial charge in [-0.15, -0.1) is 11.3 Å². The van der Waals surface area contributed by atoms with Crippen LogP contribution in [0.2, 0.25) is 0 Å². The zero-order valence-electron chi connectivity index (χ0n) is 17.5. The number of benzene rings is 1. The van der Waals surface area contributed by atoms with Crippen molar-refractivity contribution < 1.29 is 14.3 Å². The summed E-state index contributed by atoms with van der Waals surface area (Å²) in [6.07, 6.45) is 7.29. The lowest BCUT2D eigenvalue weighted by Crippen LogP contribution is -2.28. The van der Waals surface area contributed by atoms with Crippen molar-refractivity contribution >= 4 is 39.1 Å². The van der Waals surface area contributed by atoms with E-state index in [0.717, 1.165) is 48.9 Å². The Morgan fingerprint density at radius 1 is 1.26 bits per heavy atom. The first-order valence-corrected chi connectivity index (χ1v) is 11.4. The maximum Gasteiger partial charge on any atom is 0.338 e. The minimum Gasteiger partial charge on any atom is -0.462 e. The molecule has 3 aromatic rings. The number of aromatic nitrogens is 2. The topological polar surface area (TPSA) is 90.3 Å². The van der Waals surface area contributed by atoms with Crippen LogP contribution in [0.4, 0.5) is 5.69 Å². The molecule has 0 aliphatic heterocycles. The summed E-state index contributed by atoms with van der Waals surface area (Å²) in [5.41, 5.74) is 1.78. The number of carbonyl (C=O) groups is 2. The van der Waals surface area contributed by atoms with E-state index in [0.29, 0.717) is 23.2 Å². The van der Waals surface area contributed by atoms with E-state index >= 15 is 0 Å². The van der Waals surface area contributed by atoms with E-state index in [4.69, 9.17) is 4.74 Å². The largest absolute Gasteiger partial charge is 0.462 e. The Morgan fingerprint density at radius 2 is 2.10 bits per heavy atom. The number of thiophene rings is 1. The minimum absolute atomic E-state index is 0.141. The summed E-state index contributed by atoms with van der Waals surface area (Å²) in [4.78, 5) is 44.1.